The van der Waals surface area contributed by atoms with Gasteiger partial charge in [0.2, 0.25) is 0 Å². The van der Waals surface area contributed by atoms with E-state index in [1.54, 1.807) is 0 Å². The van der Waals surface area contributed by atoms with E-state index in [1.807, 2.05) is 11.3 Å². The van der Waals surface area contributed by atoms with Crippen molar-refractivity contribution in [1.82, 2.24) is 4.57 Å². The van der Waals surface area contributed by atoms with Gasteiger partial charge in [-0.05, 0) is 125 Å². The number of nitrogens with zero attached hydrogens (tertiary/aromatic N) is 2. The molecule has 0 N–H and O–H groups in total. The Balaban J connectivity index is 0.937. The fraction of sp³-hybridized carbons (Fsp3) is 0.0690. The molecule has 0 fully saturated rings. The van der Waals surface area contributed by atoms with E-state index in [9.17, 15) is 0 Å². The van der Waals surface area contributed by atoms with Crippen molar-refractivity contribution in [2.45, 2.75) is 26.2 Å². The minimum absolute atomic E-state index is 1.10. The van der Waals surface area contributed by atoms with Crippen LogP contribution >= 0.6 is 11.3 Å². The van der Waals surface area contributed by atoms with Gasteiger partial charge in [0.15, 0.2) is 0 Å². The normalized spacial score (nSPS) is 11.6. The number of thiophene rings is 1. The quantitative estimate of drug-likeness (QED) is 0.134. The Morgan fingerprint density at radius 1 is 0.393 bits per heavy atom. The summed E-state index contributed by atoms with van der Waals surface area (Å²) in [6.07, 6.45) is 3.60. The third kappa shape index (κ3) is 6.87. The van der Waals surface area contributed by atoms with Gasteiger partial charge < -0.3 is 9.47 Å². The lowest BCUT2D eigenvalue weighted by Crippen LogP contribution is -2.09. The number of hydrogen-bond acceptors (Lipinski definition) is 2. The van der Waals surface area contributed by atoms with Gasteiger partial charge in [-0.15, -0.1) is 11.3 Å². The topological polar surface area (TPSA) is 8.17 Å². The summed E-state index contributed by atoms with van der Waals surface area (Å²) in [4.78, 5) is 2.36. The van der Waals surface area contributed by atoms with Gasteiger partial charge in [0.1, 0.15) is 0 Å². The summed E-state index contributed by atoms with van der Waals surface area (Å²) in [5, 5.41) is 5.24. The van der Waals surface area contributed by atoms with Crippen LogP contribution in [0.15, 0.2) is 212 Å². The Morgan fingerprint density at radius 3 is 1.48 bits per heavy atom. The lowest BCUT2D eigenvalue weighted by atomic mass is 10.0. The molecule has 2 aromatic heterocycles. The first kappa shape index (κ1) is 36.8. The maximum Gasteiger partial charge on any atom is 0.0541 e. The predicted octanol–water partition coefficient (Wildman–Crippen LogP) is 17.0. The van der Waals surface area contributed by atoms with Crippen molar-refractivity contribution in [3.63, 3.8) is 0 Å². The highest BCUT2D eigenvalue weighted by atomic mass is 32.1. The third-order valence-electron chi connectivity index (χ3n) is 12.2. The smallest absolute Gasteiger partial charge is 0.0541 e. The standard InChI is InChI=1S/C58H44N2S/c1-2-3-12-40-21-35-53-54-36-28-46(39-58(54)61-57(53)37-40)44-26-33-49(34-27-44)59(47-29-22-42(23-30-47)41-13-5-4-6-14-41)48-31-24-43(25-32-48)45-15-11-16-50(38-45)60-55-19-9-7-17-51(55)52-18-8-10-20-56(52)60/h4-11,13-39H,2-3,12H2,1H3. The summed E-state index contributed by atoms with van der Waals surface area (Å²) >= 11 is 1.91. The molecule has 0 spiro atoms. The Morgan fingerprint density at radius 2 is 0.869 bits per heavy atom. The second-order valence-corrected chi connectivity index (χ2v) is 17.1. The molecule has 0 amide bonds. The van der Waals surface area contributed by atoms with Gasteiger partial charge in [-0.25, -0.2) is 0 Å². The van der Waals surface area contributed by atoms with Gasteiger partial charge in [0.05, 0.1) is 11.0 Å². The summed E-state index contributed by atoms with van der Waals surface area (Å²) < 4.78 is 5.11. The molecule has 11 rings (SSSR count). The molecule has 0 saturated heterocycles. The Labute approximate surface area is 361 Å². The minimum atomic E-state index is 1.10. The van der Waals surface area contributed by atoms with E-state index < -0.39 is 0 Å². The zero-order chi connectivity index (χ0) is 40.7. The van der Waals surface area contributed by atoms with Crippen LogP contribution in [-0.4, -0.2) is 4.57 Å². The first-order valence-corrected chi connectivity index (χ1v) is 22.2. The molecule has 0 saturated carbocycles. The van der Waals surface area contributed by atoms with Crippen molar-refractivity contribution < 1.29 is 0 Å². The van der Waals surface area contributed by atoms with Crippen LogP contribution in [0.3, 0.4) is 0 Å². The van der Waals surface area contributed by atoms with E-state index in [4.69, 9.17) is 0 Å². The van der Waals surface area contributed by atoms with Crippen LogP contribution in [-0.2, 0) is 6.42 Å². The highest BCUT2D eigenvalue weighted by molar-refractivity contribution is 7.25. The van der Waals surface area contributed by atoms with Gasteiger partial charge in [-0.1, -0.05) is 153 Å². The Kier molecular flexibility index (Phi) is 9.52. The summed E-state index contributed by atoms with van der Waals surface area (Å²) in [7, 11) is 0. The van der Waals surface area contributed by atoms with E-state index in [0.717, 1.165) is 29.2 Å². The molecule has 2 nitrogen and oxygen atoms in total. The van der Waals surface area contributed by atoms with Gasteiger partial charge in [0.25, 0.3) is 0 Å². The molecule has 0 atom stereocenters. The first-order chi connectivity index (χ1) is 30.2. The molecule has 0 aliphatic carbocycles. The van der Waals surface area contributed by atoms with Crippen molar-refractivity contribution in [3.05, 3.63) is 218 Å². The lowest BCUT2D eigenvalue weighted by molar-refractivity contribution is 0.796. The molecular weight excluding hydrogens is 757 g/mol. The molecule has 11 aromatic rings. The molecule has 3 heteroatoms. The van der Waals surface area contributed by atoms with Crippen LogP contribution in [0, 0.1) is 0 Å². The SMILES string of the molecule is CCCCc1ccc2c(c1)sc1cc(-c3ccc(N(c4ccc(-c5ccccc5)cc4)c4ccc(-c5cccc(-n6c7ccccc7c7ccccc76)c5)cc4)cc3)ccc12. The highest BCUT2D eigenvalue weighted by Gasteiger charge is 2.16. The maximum absolute atomic E-state index is 2.40. The molecule has 0 unspecified atom stereocenters. The summed E-state index contributed by atoms with van der Waals surface area (Å²) in [5.74, 6) is 0. The van der Waals surface area contributed by atoms with E-state index in [1.165, 1.54) is 93.8 Å². The van der Waals surface area contributed by atoms with Crippen molar-refractivity contribution in [3.8, 4) is 39.1 Å². The molecule has 292 valence electrons. The van der Waals surface area contributed by atoms with Crippen molar-refractivity contribution in [2.24, 2.45) is 0 Å². The fourth-order valence-corrected chi connectivity index (χ4v) is 10.3. The third-order valence-corrected chi connectivity index (χ3v) is 13.3. The minimum Gasteiger partial charge on any atom is -0.311 e. The number of aryl methyl sites for hydroxylation is 1. The number of rotatable bonds is 10. The van der Waals surface area contributed by atoms with Crippen molar-refractivity contribution >= 4 is 70.4 Å². The van der Waals surface area contributed by atoms with E-state index in [0.29, 0.717) is 0 Å². The van der Waals surface area contributed by atoms with Gasteiger partial charge in [-0.2, -0.15) is 0 Å². The van der Waals surface area contributed by atoms with E-state index in [-0.39, 0.29) is 0 Å². The van der Waals surface area contributed by atoms with Gasteiger partial charge in [-0.3, -0.25) is 0 Å². The van der Waals surface area contributed by atoms with Crippen LogP contribution < -0.4 is 4.90 Å². The first-order valence-electron chi connectivity index (χ1n) is 21.4. The second-order valence-electron chi connectivity index (χ2n) is 16.0. The van der Waals surface area contributed by atoms with Crippen LogP contribution in [0.5, 0.6) is 0 Å². The van der Waals surface area contributed by atoms with E-state index >= 15 is 0 Å². The molecule has 0 aliphatic rings. The number of benzene rings is 9. The van der Waals surface area contributed by atoms with Crippen LogP contribution in [0.25, 0.3) is 81.0 Å². The molecular formula is C58H44N2S. The number of unbranched alkanes of at least 4 members (excludes halogenated alkanes) is 1. The van der Waals surface area contributed by atoms with Gasteiger partial charge >= 0.3 is 0 Å². The number of anilines is 3. The Bertz CT molecular complexity index is 3270. The van der Waals surface area contributed by atoms with Crippen LogP contribution in [0.2, 0.25) is 0 Å². The lowest BCUT2D eigenvalue weighted by Gasteiger charge is -2.26. The molecule has 9 aromatic carbocycles. The summed E-state index contributed by atoms with van der Waals surface area (Å²) in [5.41, 5.74) is 15.6. The molecule has 61 heavy (non-hydrogen) atoms. The van der Waals surface area contributed by atoms with Crippen LogP contribution in [0.1, 0.15) is 25.3 Å². The largest absolute Gasteiger partial charge is 0.311 e. The average Bonchev–Trinajstić information content (AvgIpc) is 3.87. The maximum atomic E-state index is 2.40. The molecule has 2 heterocycles. The number of hydrogen-bond donors (Lipinski definition) is 0. The summed E-state index contributed by atoms with van der Waals surface area (Å²) in [6, 6.07) is 77.9. The molecule has 0 aliphatic heterocycles. The Hall–Kier alpha value is -7.20. The van der Waals surface area contributed by atoms with E-state index in [2.05, 4.69) is 229 Å². The fourth-order valence-electron chi connectivity index (χ4n) is 9.05. The highest BCUT2D eigenvalue weighted by Crippen LogP contribution is 2.41. The van der Waals surface area contributed by atoms with Crippen molar-refractivity contribution in [2.75, 3.05) is 4.90 Å². The average molecular weight is 801 g/mol. The van der Waals surface area contributed by atoms with Crippen LogP contribution in [0.4, 0.5) is 17.1 Å². The molecule has 0 radical (unpaired) electrons. The van der Waals surface area contributed by atoms with Crippen molar-refractivity contribution in [1.29, 1.82) is 0 Å². The van der Waals surface area contributed by atoms with Gasteiger partial charge in [0, 0.05) is 53.7 Å². The number of aromatic nitrogens is 1. The second kappa shape index (κ2) is 15.8. The molecule has 0 bridgehead atoms. The number of fused-ring (bicyclic) bond motifs is 6. The number of para-hydroxylation sites is 2. The zero-order valence-electron chi connectivity index (χ0n) is 34.1. The predicted molar refractivity (Wildman–Crippen MR) is 263 cm³/mol. The summed E-state index contributed by atoms with van der Waals surface area (Å²) in [6.45, 7) is 2.26. The zero-order valence-corrected chi connectivity index (χ0v) is 34.9. The monoisotopic (exact) mass is 800 g/mol.